The molecule has 1 aliphatic carbocycles. The fourth-order valence-corrected chi connectivity index (χ4v) is 12.9. The average molecular weight is 899 g/mol. The molecule has 2 fully saturated rings. The number of fused-ring (bicyclic) bond motifs is 8. The summed E-state index contributed by atoms with van der Waals surface area (Å²) in [6.07, 6.45) is 17.3. The number of H-pyrrole nitrogens is 2. The van der Waals surface area contributed by atoms with Crippen molar-refractivity contribution in [3.05, 3.63) is 56.7 Å². The highest BCUT2D eigenvalue weighted by Crippen LogP contribution is 2.49. The molecule has 2 aromatic rings. The largest absolute Gasteiger partial charge is 0.468 e. The first kappa shape index (κ1) is 50.9. The molecule has 0 spiro atoms. The molecular formula is C55H86N4O6. The van der Waals surface area contributed by atoms with Crippen molar-refractivity contribution in [2.75, 3.05) is 13.7 Å². The minimum atomic E-state index is -0.990. The van der Waals surface area contributed by atoms with Crippen LogP contribution >= 0.6 is 0 Å². The summed E-state index contributed by atoms with van der Waals surface area (Å²) in [5.41, 5.74) is 8.45. The average Bonchev–Trinajstić information content (AvgIpc) is 4.00. The summed E-state index contributed by atoms with van der Waals surface area (Å²) < 4.78 is 11.2. The molecule has 8 bridgehead atoms. The van der Waals surface area contributed by atoms with Crippen LogP contribution in [-0.2, 0) is 38.3 Å². The smallest absolute Gasteiger partial charge is 0.317 e. The zero-order chi connectivity index (χ0) is 47.3. The first-order valence-electron chi connectivity index (χ1n) is 25.8. The molecule has 2 saturated heterocycles. The minimum absolute atomic E-state index is 0.0410. The molecule has 6 rings (SSSR count). The zero-order valence-corrected chi connectivity index (χ0v) is 42.3. The highest BCUT2D eigenvalue weighted by molar-refractivity contribution is 6.14. The fourth-order valence-electron chi connectivity index (χ4n) is 12.9. The normalized spacial score (nSPS) is 28.5. The number of hydrogen-bond donors (Lipinski definition) is 4. The van der Waals surface area contributed by atoms with E-state index in [9.17, 15) is 19.2 Å². The Bertz CT molecular complexity index is 2010. The van der Waals surface area contributed by atoms with Crippen molar-refractivity contribution in [2.24, 2.45) is 47.3 Å². The number of nitrogens with one attached hydrogen (secondary N) is 4. The summed E-state index contributed by atoms with van der Waals surface area (Å²) in [6.45, 7) is 24.4. The number of methoxy groups -OCH3 is 1. The van der Waals surface area contributed by atoms with Crippen molar-refractivity contribution in [1.29, 1.82) is 0 Å². The number of hydrogen-bond acceptors (Lipinski definition) is 8. The molecule has 0 amide bonds. The Balaban J connectivity index is 1.15. The number of allylic oxidation sites excluding steroid dienone is 1. The molecule has 0 radical (unpaired) electrons. The van der Waals surface area contributed by atoms with E-state index in [2.05, 4.69) is 89.0 Å². The number of Topliss-reactive ketones (excluding diaryl/α,β-unsaturated/α-hetero) is 2. The zero-order valence-electron chi connectivity index (χ0n) is 42.3. The van der Waals surface area contributed by atoms with Crippen molar-refractivity contribution < 1.29 is 28.7 Å². The third kappa shape index (κ3) is 11.6. The van der Waals surface area contributed by atoms with E-state index in [1.165, 1.54) is 57.6 Å². The molecule has 0 saturated carbocycles. The Hall–Kier alpha value is -3.50. The Morgan fingerprint density at radius 2 is 1.35 bits per heavy atom. The molecule has 4 aliphatic rings. The van der Waals surface area contributed by atoms with Crippen LogP contribution in [0.3, 0.4) is 0 Å². The van der Waals surface area contributed by atoms with Gasteiger partial charge in [0.2, 0.25) is 0 Å². The van der Waals surface area contributed by atoms with Gasteiger partial charge in [0, 0.05) is 89.7 Å². The maximum absolute atomic E-state index is 14.5. The van der Waals surface area contributed by atoms with Gasteiger partial charge in [-0.05, 0) is 106 Å². The van der Waals surface area contributed by atoms with Gasteiger partial charge in [0.1, 0.15) is 12.5 Å². The highest BCUT2D eigenvalue weighted by Gasteiger charge is 2.56. The first-order valence-corrected chi connectivity index (χ1v) is 25.8. The van der Waals surface area contributed by atoms with Crippen molar-refractivity contribution in [3.8, 4) is 0 Å². The monoisotopic (exact) mass is 899 g/mol. The van der Waals surface area contributed by atoms with Crippen LogP contribution in [0.1, 0.15) is 200 Å². The SMILES string of the molecule is CCC1C2Cc3[nH]c4c(c3C)C(=O)C(C(=O)OC)C4C3NC(Cc4[nH]c(c(C(C)=O)c4C)CC(N2)C1C)C(C)C3CCC(=O)OCC=C(C)CCCC(C)CCCC(C)CCCC(C)C. The Morgan fingerprint density at radius 1 is 0.754 bits per heavy atom. The van der Waals surface area contributed by atoms with Gasteiger partial charge in [-0.15, -0.1) is 0 Å². The van der Waals surface area contributed by atoms with Crippen molar-refractivity contribution in [2.45, 2.75) is 203 Å². The number of rotatable bonds is 20. The van der Waals surface area contributed by atoms with Gasteiger partial charge in [-0.25, -0.2) is 0 Å². The van der Waals surface area contributed by atoms with Gasteiger partial charge in [0.05, 0.1) is 7.11 Å². The van der Waals surface area contributed by atoms with Gasteiger partial charge in [0.25, 0.3) is 0 Å². The van der Waals surface area contributed by atoms with E-state index in [0.717, 1.165) is 89.3 Å². The summed E-state index contributed by atoms with van der Waals surface area (Å²) in [6, 6.07) is 0.0311. The lowest BCUT2D eigenvalue weighted by Gasteiger charge is -2.30. The second kappa shape index (κ2) is 22.5. The minimum Gasteiger partial charge on any atom is -0.468 e. The van der Waals surface area contributed by atoms with E-state index in [4.69, 9.17) is 9.47 Å². The van der Waals surface area contributed by atoms with Crippen molar-refractivity contribution >= 4 is 23.5 Å². The van der Waals surface area contributed by atoms with Crippen LogP contribution in [0, 0.1) is 61.2 Å². The molecule has 10 nitrogen and oxygen atoms in total. The molecule has 10 heteroatoms. The number of ketones is 2. The molecule has 5 heterocycles. The van der Waals surface area contributed by atoms with Gasteiger partial charge in [-0.3, -0.25) is 19.2 Å². The molecule has 65 heavy (non-hydrogen) atoms. The molecule has 12 atom stereocenters. The standard InChI is InChI=1S/C55H86N4O6/c1-13-39-34(7)41-29-46-48(38(11)60)36(9)43(57-46)27-42-35(8)40(52(58-42)50-51(55(63)64-12)54(62)49-37(10)44(59-53(49)50)28-45(39)56-41)23-24-47(61)65-26-25-33(6)22-16-21-32(5)20-15-19-31(4)18-14-17-30(2)3/h25,30-32,34-35,39-42,45,50-52,56-59H,13-24,26-29H2,1-12H3. The third-order valence-corrected chi connectivity index (χ3v) is 16.9. The second-order valence-electron chi connectivity index (χ2n) is 21.9. The first-order chi connectivity index (χ1) is 30.9. The van der Waals surface area contributed by atoms with Crippen LogP contribution in [0.15, 0.2) is 11.6 Å². The predicted molar refractivity (Wildman–Crippen MR) is 260 cm³/mol. The van der Waals surface area contributed by atoms with E-state index in [1.807, 2.05) is 6.92 Å². The van der Waals surface area contributed by atoms with Crippen molar-refractivity contribution in [1.82, 2.24) is 20.6 Å². The van der Waals surface area contributed by atoms with Crippen LogP contribution in [0.2, 0.25) is 0 Å². The number of esters is 2. The van der Waals surface area contributed by atoms with Crippen LogP contribution < -0.4 is 10.6 Å². The van der Waals surface area contributed by atoms with Gasteiger partial charge >= 0.3 is 11.9 Å². The number of carbonyl (C=O) groups is 4. The lowest BCUT2D eigenvalue weighted by Crippen LogP contribution is -2.42. The van der Waals surface area contributed by atoms with E-state index in [1.54, 1.807) is 6.92 Å². The summed E-state index contributed by atoms with van der Waals surface area (Å²) in [5, 5.41) is 7.94. The second-order valence-corrected chi connectivity index (χ2v) is 21.9. The maximum Gasteiger partial charge on any atom is 0.317 e. The highest BCUT2D eigenvalue weighted by atomic mass is 16.5. The van der Waals surface area contributed by atoms with Gasteiger partial charge in [-0.2, -0.15) is 0 Å². The number of carbonyl (C=O) groups excluding carboxylic acids is 4. The van der Waals surface area contributed by atoms with Crippen molar-refractivity contribution in [3.63, 3.8) is 0 Å². The Kier molecular flexibility index (Phi) is 17.6. The third-order valence-electron chi connectivity index (χ3n) is 16.9. The molecule has 4 N–H and O–H groups in total. The van der Waals surface area contributed by atoms with Gasteiger partial charge in [0.15, 0.2) is 11.6 Å². The van der Waals surface area contributed by atoms with Gasteiger partial charge < -0.3 is 30.1 Å². The lowest BCUT2D eigenvalue weighted by atomic mass is 9.76. The Morgan fingerprint density at radius 3 is 2.00 bits per heavy atom. The van der Waals surface area contributed by atoms with E-state index in [-0.39, 0.29) is 66.6 Å². The topological polar surface area (TPSA) is 142 Å². The predicted octanol–water partition coefficient (Wildman–Crippen LogP) is 10.9. The van der Waals surface area contributed by atoms with Crippen LogP contribution in [0.25, 0.3) is 0 Å². The maximum atomic E-state index is 14.5. The summed E-state index contributed by atoms with van der Waals surface area (Å²) in [7, 11) is 1.36. The quantitative estimate of drug-likeness (QED) is 0.0445. The van der Waals surface area contributed by atoms with E-state index < -0.39 is 17.8 Å². The lowest BCUT2D eigenvalue weighted by molar-refractivity contribution is -0.145. The Labute approximate surface area is 391 Å². The molecule has 0 aromatic carbocycles. The molecule has 12 unspecified atom stereocenters. The fraction of sp³-hybridized carbons (Fsp3) is 0.745. The van der Waals surface area contributed by atoms with Crippen LogP contribution in [0.4, 0.5) is 0 Å². The number of aromatic nitrogens is 2. The molecule has 362 valence electrons. The molecule has 3 aliphatic heterocycles. The number of aromatic amines is 2. The summed E-state index contributed by atoms with van der Waals surface area (Å²) in [5.74, 6) is 0.805. The summed E-state index contributed by atoms with van der Waals surface area (Å²) >= 11 is 0. The van der Waals surface area contributed by atoms with Crippen LogP contribution in [0.5, 0.6) is 0 Å². The summed E-state index contributed by atoms with van der Waals surface area (Å²) in [4.78, 5) is 62.5. The molecule has 2 aromatic heterocycles. The van der Waals surface area contributed by atoms with E-state index >= 15 is 0 Å². The van der Waals surface area contributed by atoms with E-state index in [0.29, 0.717) is 30.2 Å². The number of ether oxygens (including phenoxy) is 2. The van der Waals surface area contributed by atoms with Crippen LogP contribution in [-0.4, -0.2) is 71.4 Å². The molecular weight excluding hydrogens is 813 g/mol. The van der Waals surface area contributed by atoms with Gasteiger partial charge in [-0.1, -0.05) is 105 Å².